The van der Waals surface area contributed by atoms with Crippen molar-refractivity contribution in [3.05, 3.63) is 0 Å². The van der Waals surface area contributed by atoms with Crippen LogP contribution in [-0.2, 0) is 9.63 Å². The van der Waals surface area contributed by atoms with Gasteiger partial charge in [0.2, 0.25) is 0 Å². The van der Waals surface area contributed by atoms with Crippen LogP contribution in [0.25, 0.3) is 0 Å². The van der Waals surface area contributed by atoms with E-state index < -0.39 is 11.3 Å². The maximum Gasteiger partial charge on any atom is 0.145 e. The SMILES string of the molecule is CC(C)(C)C(=O)C[C@]1(C)C[C@](O)(C(C)(C)C)NO1. The van der Waals surface area contributed by atoms with Gasteiger partial charge in [-0.3, -0.25) is 9.63 Å². The van der Waals surface area contributed by atoms with Crippen molar-refractivity contribution >= 4 is 5.78 Å². The Morgan fingerprint density at radius 2 is 1.78 bits per heavy atom. The molecule has 0 aromatic carbocycles. The highest BCUT2D eigenvalue weighted by Crippen LogP contribution is 2.42. The van der Waals surface area contributed by atoms with Crippen LogP contribution in [0.5, 0.6) is 0 Å². The summed E-state index contributed by atoms with van der Waals surface area (Å²) in [6, 6.07) is 0. The van der Waals surface area contributed by atoms with Gasteiger partial charge >= 0.3 is 0 Å². The average Bonchev–Trinajstić information content (AvgIpc) is 2.40. The lowest BCUT2D eigenvalue weighted by Crippen LogP contribution is -2.50. The summed E-state index contributed by atoms with van der Waals surface area (Å²) in [5.74, 6) is 0.143. The number of aliphatic hydroxyl groups is 1. The first-order valence-electron chi connectivity index (χ1n) is 6.50. The third kappa shape index (κ3) is 3.11. The van der Waals surface area contributed by atoms with E-state index in [9.17, 15) is 9.90 Å². The lowest BCUT2D eigenvalue weighted by Gasteiger charge is -2.36. The Hall–Kier alpha value is -0.450. The van der Waals surface area contributed by atoms with Gasteiger partial charge in [-0.2, -0.15) is 5.48 Å². The standard InChI is InChI=1S/C14H27NO3/c1-11(2,3)10(16)8-13(7)9-14(17,15-18-13)12(4,5)6/h15,17H,8-9H2,1-7H3/t13-,14+/m1/s1. The van der Waals surface area contributed by atoms with Crippen LogP contribution in [-0.4, -0.2) is 22.2 Å². The molecule has 4 nitrogen and oxygen atoms in total. The number of hydrogen-bond acceptors (Lipinski definition) is 4. The second kappa shape index (κ2) is 4.29. The third-order valence-electron chi connectivity index (χ3n) is 3.71. The highest BCUT2D eigenvalue weighted by molar-refractivity contribution is 5.84. The predicted octanol–water partition coefficient (Wildman–Crippen LogP) is 2.41. The van der Waals surface area contributed by atoms with Gasteiger partial charge < -0.3 is 5.11 Å². The van der Waals surface area contributed by atoms with Crippen LogP contribution in [0.1, 0.15) is 61.3 Å². The van der Waals surface area contributed by atoms with Gasteiger partial charge in [-0.05, 0) is 6.92 Å². The Balaban J connectivity index is 2.79. The molecule has 1 heterocycles. The molecule has 1 saturated heterocycles. The van der Waals surface area contributed by atoms with Crippen LogP contribution in [0.2, 0.25) is 0 Å². The summed E-state index contributed by atoms with van der Waals surface area (Å²) >= 11 is 0. The number of ketones is 1. The quantitative estimate of drug-likeness (QED) is 0.797. The number of carbonyl (C=O) groups excluding carboxylic acids is 1. The van der Waals surface area contributed by atoms with Gasteiger partial charge in [0.25, 0.3) is 0 Å². The number of Topliss-reactive ketones (excluding diaryl/α,β-unsaturated/α-hetero) is 1. The molecular weight excluding hydrogens is 230 g/mol. The number of hydrogen-bond donors (Lipinski definition) is 2. The van der Waals surface area contributed by atoms with Crippen molar-refractivity contribution in [1.82, 2.24) is 5.48 Å². The van der Waals surface area contributed by atoms with Crippen LogP contribution >= 0.6 is 0 Å². The summed E-state index contributed by atoms with van der Waals surface area (Å²) < 4.78 is 0. The van der Waals surface area contributed by atoms with Crippen LogP contribution in [0.3, 0.4) is 0 Å². The second-order valence-corrected chi connectivity index (χ2v) is 7.79. The molecule has 106 valence electrons. The first-order valence-corrected chi connectivity index (χ1v) is 6.50. The molecule has 1 fully saturated rings. The van der Waals surface area contributed by atoms with Gasteiger partial charge in [0, 0.05) is 23.7 Å². The van der Waals surface area contributed by atoms with Gasteiger partial charge in [-0.25, -0.2) is 0 Å². The monoisotopic (exact) mass is 257 g/mol. The van der Waals surface area contributed by atoms with Gasteiger partial charge in [-0.15, -0.1) is 0 Å². The second-order valence-electron chi connectivity index (χ2n) is 7.79. The highest BCUT2D eigenvalue weighted by atomic mass is 16.7. The van der Waals surface area contributed by atoms with E-state index in [1.165, 1.54) is 0 Å². The van der Waals surface area contributed by atoms with Crippen molar-refractivity contribution < 1.29 is 14.7 Å². The molecule has 18 heavy (non-hydrogen) atoms. The molecule has 0 amide bonds. The van der Waals surface area contributed by atoms with E-state index in [1.54, 1.807) is 0 Å². The van der Waals surface area contributed by atoms with Crippen LogP contribution in [0.15, 0.2) is 0 Å². The third-order valence-corrected chi connectivity index (χ3v) is 3.71. The van der Waals surface area contributed by atoms with Gasteiger partial charge in [0.05, 0.1) is 5.60 Å². The first-order chi connectivity index (χ1) is 7.79. The molecule has 4 heteroatoms. The van der Waals surface area contributed by atoms with Crippen molar-refractivity contribution in [3.8, 4) is 0 Å². The van der Waals surface area contributed by atoms with Gasteiger partial charge in [0.1, 0.15) is 11.5 Å². The van der Waals surface area contributed by atoms with Crippen LogP contribution in [0.4, 0.5) is 0 Å². The van der Waals surface area contributed by atoms with E-state index in [1.807, 2.05) is 48.5 Å². The molecule has 2 N–H and O–H groups in total. The van der Waals surface area contributed by atoms with Crippen molar-refractivity contribution in [2.45, 2.75) is 72.6 Å². The average molecular weight is 257 g/mol. The fourth-order valence-corrected chi connectivity index (χ4v) is 1.94. The zero-order chi connectivity index (χ0) is 14.4. The zero-order valence-electron chi connectivity index (χ0n) is 12.7. The topological polar surface area (TPSA) is 58.6 Å². The van der Waals surface area contributed by atoms with Crippen molar-refractivity contribution in [2.75, 3.05) is 0 Å². The summed E-state index contributed by atoms with van der Waals surface area (Å²) in [4.78, 5) is 17.6. The lowest BCUT2D eigenvalue weighted by molar-refractivity contribution is -0.143. The molecule has 0 aromatic rings. The van der Waals surface area contributed by atoms with E-state index in [0.29, 0.717) is 12.8 Å². The van der Waals surface area contributed by atoms with E-state index in [-0.39, 0.29) is 16.6 Å². The minimum atomic E-state index is -1.10. The number of hydroxylamine groups is 1. The van der Waals surface area contributed by atoms with Crippen LogP contribution < -0.4 is 5.48 Å². The summed E-state index contributed by atoms with van der Waals surface area (Å²) in [6.45, 7) is 13.4. The Kier molecular flexibility index (Phi) is 3.72. The molecular formula is C14H27NO3. The molecule has 1 aliphatic heterocycles. The van der Waals surface area contributed by atoms with E-state index in [4.69, 9.17) is 4.84 Å². The van der Waals surface area contributed by atoms with E-state index in [0.717, 1.165) is 0 Å². The molecule has 0 aromatic heterocycles. The first kappa shape index (κ1) is 15.6. The number of rotatable bonds is 2. The smallest absolute Gasteiger partial charge is 0.145 e. The van der Waals surface area contributed by atoms with E-state index >= 15 is 0 Å². The molecule has 0 bridgehead atoms. The molecule has 0 radical (unpaired) electrons. The Morgan fingerprint density at radius 1 is 1.28 bits per heavy atom. The normalized spacial score (nSPS) is 33.8. The fraction of sp³-hybridized carbons (Fsp3) is 0.929. The Morgan fingerprint density at radius 3 is 2.11 bits per heavy atom. The lowest BCUT2D eigenvalue weighted by atomic mass is 9.75. The molecule has 0 unspecified atom stereocenters. The maximum absolute atomic E-state index is 12.1. The highest BCUT2D eigenvalue weighted by Gasteiger charge is 2.53. The van der Waals surface area contributed by atoms with Gasteiger partial charge in [0.15, 0.2) is 0 Å². The minimum absolute atomic E-state index is 0.143. The van der Waals surface area contributed by atoms with E-state index in [2.05, 4.69) is 5.48 Å². The molecule has 1 rings (SSSR count). The fourth-order valence-electron chi connectivity index (χ4n) is 1.94. The van der Waals surface area contributed by atoms with Crippen molar-refractivity contribution in [2.24, 2.45) is 10.8 Å². The number of nitrogens with one attached hydrogen (secondary N) is 1. The zero-order valence-corrected chi connectivity index (χ0v) is 12.7. The maximum atomic E-state index is 12.1. The van der Waals surface area contributed by atoms with Crippen molar-refractivity contribution in [1.29, 1.82) is 0 Å². The molecule has 0 spiro atoms. The Labute approximate surface area is 110 Å². The minimum Gasteiger partial charge on any atom is -0.373 e. The van der Waals surface area contributed by atoms with Gasteiger partial charge in [-0.1, -0.05) is 41.5 Å². The summed E-state index contributed by atoms with van der Waals surface area (Å²) in [5.41, 5.74) is 0.248. The Bertz CT molecular complexity index is 340. The van der Waals surface area contributed by atoms with Crippen LogP contribution in [0, 0.1) is 10.8 Å². The summed E-state index contributed by atoms with van der Waals surface area (Å²) in [5, 5.41) is 10.5. The molecule has 2 atom stereocenters. The molecule has 0 saturated carbocycles. The largest absolute Gasteiger partial charge is 0.373 e. The molecule has 0 aliphatic carbocycles. The van der Waals surface area contributed by atoms with Crippen molar-refractivity contribution in [3.63, 3.8) is 0 Å². The number of carbonyl (C=O) groups is 1. The summed E-state index contributed by atoms with van der Waals surface area (Å²) in [7, 11) is 0. The summed E-state index contributed by atoms with van der Waals surface area (Å²) in [6.07, 6.45) is 0.715. The predicted molar refractivity (Wildman–Crippen MR) is 70.7 cm³/mol. The molecule has 1 aliphatic rings.